The van der Waals surface area contributed by atoms with E-state index in [9.17, 15) is 9.59 Å². The molecule has 0 radical (unpaired) electrons. The van der Waals surface area contributed by atoms with E-state index in [0.29, 0.717) is 33.0 Å². The summed E-state index contributed by atoms with van der Waals surface area (Å²) in [4.78, 5) is 24.7. The van der Waals surface area contributed by atoms with Gasteiger partial charge in [0.1, 0.15) is 19.0 Å². The van der Waals surface area contributed by atoms with Crippen LogP contribution in [-0.2, 0) is 14.9 Å². The minimum absolute atomic E-state index is 0.0250. The topological polar surface area (TPSA) is 71.1 Å². The van der Waals surface area contributed by atoms with Gasteiger partial charge in [0.25, 0.3) is 0 Å². The Morgan fingerprint density at radius 3 is 1.81 bits per heavy atom. The highest BCUT2D eigenvalue weighted by Gasteiger charge is 2.26. The van der Waals surface area contributed by atoms with Crippen LogP contribution in [0, 0.1) is 0 Å². The summed E-state index contributed by atoms with van der Waals surface area (Å²) in [6, 6.07) is 12.9. The van der Waals surface area contributed by atoms with Crippen molar-refractivity contribution >= 4 is 33.9 Å². The first-order valence-electron chi connectivity index (χ1n) is 10.2. The Balaban J connectivity index is 2.34. The SMILES string of the molecule is C=CCOC(=O)Oc1c2ccccc2c(OC(=O)OCC=C)c2c(C(C)(C)C)cccc12. The molecule has 0 N–H and O–H groups in total. The highest BCUT2D eigenvalue weighted by molar-refractivity contribution is 6.13. The molecule has 0 spiro atoms. The van der Waals surface area contributed by atoms with Gasteiger partial charge in [0.2, 0.25) is 0 Å². The van der Waals surface area contributed by atoms with Gasteiger partial charge in [-0.25, -0.2) is 9.59 Å². The summed E-state index contributed by atoms with van der Waals surface area (Å²) >= 11 is 0. The molecule has 3 aromatic rings. The Hall–Kier alpha value is -3.80. The third-order valence-corrected chi connectivity index (χ3v) is 4.77. The average molecular weight is 434 g/mol. The first-order chi connectivity index (χ1) is 15.3. The molecule has 0 aromatic heterocycles. The van der Waals surface area contributed by atoms with Crippen molar-refractivity contribution in [2.75, 3.05) is 13.2 Å². The van der Waals surface area contributed by atoms with E-state index in [2.05, 4.69) is 33.9 Å². The fourth-order valence-corrected chi connectivity index (χ4v) is 3.47. The minimum atomic E-state index is -0.850. The standard InChI is InChI=1S/C26H26O6/c1-6-15-29-24(27)31-22-17-11-8-9-12-18(17)23(32-25(28)30-16-7-2)21-19(22)13-10-14-20(21)26(3,4)5/h6-14H,1-2,15-16H2,3-5H3. The Labute approximate surface area is 187 Å². The molecule has 0 heterocycles. The van der Waals surface area contributed by atoms with E-state index in [1.807, 2.05) is 30.3 Å². The van der Waals surface area contributed by atoms with Crippen molar-refractivity contribution in [1.29, 1.82) is 0 Å². The Kier molecular flexibility index (Phi) is 6.83. The second kappa shape index (κ2) is 9.56. The van der Waals surface area contributed by atoms with E-state index >= 15 is 0 Å². The van der Waals surface area contributed by atoms with Gasteiger partial charge in [0, 0.05) is 21.5 Å². The van der Waals surface area contributed by atoms with Crippen LogP contribution < -0.4 is 9.47 Å². The maximum Gasteiger partial charge on any atom is 0.514 e. The fraction of sp³-hybridized carbons (Fsp3) is 0.231. The van der Waals surface area contributed by atoms with Crippen molar-refractivity contribution in [3.63, 3.8) is 0 Å². The Morgan fingerprint density at radius 1 is 0.781 bits per heavy atom. The van der Waals surface area contributed by atoms with E-state index in [0.717, 1.165) is 5.56 Å². The van der Waals surface area contributed by atoms with Gasteiger partial charge >= 0.3 is 12.3 Å². The molecule has 6 nitrogen and oxygen atoms in total. The van der Waals surface area contributed by atoms with Crippen LogP contribution in [-0.4, -0.2) is 25.5 Å². The summed E-state index contributed by atoms with van der Waals surface area (Å²) in [5.41, 5.74) is 0.614. The van der Waals surface area contributed by atoms with Crippen LogP contribution in [0.25, 0.3) is 21.5 Å². The summed E-state index contributed by atoms with van der Waals surface area (Å²) in [6.07, 6.45) is 1.22. The molecule has 0 amide bonds. The minimum Gasteiger partial charge on any atom is -0.430 e. The average Bonchev–Trinajstić information content (AvgIpc) is 2.77. The molecular weight excluding hydrogens is 408 g/mol. The summed E-state index contributed by atoms with van der Waals surface area (Å²) < 4.78 is 21.5. The number of fused-ring (bicyclic) bond motifs is 2. The number of rotatable bonds is 6. The molecule has 0 saturated heterocycles. The van der Waals surface area contributed by atoms with Crippen LogP contribution in [0.5, 0.6) is 11.5 Å². The zero-order chi connectivity index (χ0) is 23.3. The molecule has 0 saturated carbocycles. The molecule has 32 heavy (non-hydrogen) atoms. The molecule has 6 heteroatoms. The lowest BCUT2D eigenvalue weighted by atomic mass is 9.82. The number of carbonyl (C=O) groups is 2. The van der Waals surface area contributed by atoms with Crippen LogP contribution in [0.3, 0.4) is 0 Å². The third-order valence-electron chi connectivity index (χ3n) is 4.77. The lowest BCUT2D eigenvalue weighted by molar-refractivity contribution is 0.109. The van der Waals surface area contributed by atoms with Gasteiger partial charge in [0.05, 0.1) is 0 Å². The smallest absolute Gasteiger partial charge is 0.430 e. The molecule has 3 rings (SSSR count). The number of carbonyl (C=O) groups excluding carboxylic acids is 2. The molecule has 0 aliphatic heterocycles. The van der Waals surface area contributed by atoms with Gasteiger partial charge < -0.3 is 18.9 Å². The Bertz CT molecular complexity index is 1190. The predicted molar refractivity (Wildman–Crippen MR) is 125 cm³/mol. The third kappa shape index (κ3) is 4.75. The zero-order valence-corrected chi connectivity index (χ0v) is 18.5. The molecule has 3 aromatic carbocycles. The van der Waals surface area contributed by atoms with Crippen molar-refractivity contribution in [1.82, 2.24) is 0 Å². The molecule has 0 atom stereocenters. The van der Waals surface area contributed by atoms with Crippen molar-refractivity contribution < 1.29 is 28.5 Å². The van der Waals surface area contributed by atoms with Gasteiger partial charge in [-0.15, -0.1) is 0 Å². The van der Waals surface area contributed by atoms with Gasteiger partial charge in [-0.3, -0.25) is 0 Å². The van der Waals surface area contributed by atoms with Crippen LogP contribution in [0.15, 0.2) is 67.8 Å². The first-order valence-corrected chi connectivity index (χ1v) is 10.2. The van der Waals surface area contributed by atoms with Gasteiger partial charge in [0.15, 0.2) is 5.75 Å². The van der Waals surface area contributed by atoms with Gasteiger partial charge in [-0.2, -0.15) is 0 Å². The summed E-state index contributed by atoms with van der Waals surface area (Å²) in [5, 5.41) is 2.45. The van der Waals surface area contributed by atoms with E-state index in [1.165, 1.54) is 12.2 Å². The van der Waals surface area contributed by atoms with Crippen molar-refractivity contribution in [3.8, 4) is 11.5 Å². The number of ether oxygens (including phenoxy) is 4. The fourth-order valence-electron chi connectivity index (χ4n) is 3.47. The van der Waals surface area contributed by atoms with Crippen LogP contribution in [0.1, 0.15) is 26.3 Å². The predicted octanol–water partition coefficient (Wildman–Crippen LogP) is 6.69. The molecule has 0 fully saturated rings. The molecule has 0 aliphatic rings. The molecule has 0 unspecified atom stereocenters. The quantitative estimate of drug-likeness (QED) is 0.186. The maximum absolute atomic E-state index is 12.4. The van der Waals surface area contributed by atoms with E-state index in [4.69, 9.17) is 18.9 Å². The van der Waals surface area contributed by atoms with Crippen LogP contribution in [0.2, 0.25) is 0 Å². The normalized spacial score (nSPS) is 11.1. The Morgan fingerprint density at radius 2 is 1.28 bits per heavy atom. The van der Waals surface area contributed by atoms with E-state index in [-0.39, 0.29) is 18.6 Å². The van der Waals surface area contributed by atoms with Crippen LogP contribution in [0.4, 0.5) is 9.59 Å². The second-order valence-electron chi connectivity index (χ2n) is 8.09. The highest BCUT2D eigenvalue weighted by atomic mass is 16.7. The van der Waals surface area contributed by atoms with E-state index in [1.54, 1.807) is 12.1 Å². The lowest BCUT2D eigenvalue weighted by Crippen LogP contribution is -2.16. The maximum atomic E-state index is 12.4. The van der Waals surface area contributed by atoms with Crippen molar-refractivity contribution in [2.24, 2.45) is 0 Å². The molecule has 0 aliphatic carbocycles. The zero-order valence-electron chi connectivity index (χ0n) is 18.5. The summed E-state index contributed by atoms with van der Waals surface area (Å²) in [5.74, 6) is 0.657. The largest absolute Gasteiger partial charge is 0.514 e. The number of hydrogen-bond acceptors (Lipinski definition) is 6. The van der Waals surface area contributed by atoms with Gasteiger partial charge in [-0.1, -0.05) is 88.5 Å². The molecule has 166 valence electrons. The van der Waals surface area contributed by atoms with Crippen molar-refractivity contribution in [2.45, 2.75) is 26.2 Å². The monoisotopic (exact) mass is 434 g/mol. The van der Waals surface area contributed by atoms with E-state index < -0.39 is 12.3 Å². The number of hydrogen-bond donors (Lipinski definition) is 0. The van der Waals surface area contributed by atoms with Crippen molar-refractivity contribution in [3.05, 3.63) is 73.3 Å². The van der Waals surface area contributed by atoms with Gasteiger partial charge in [-0.05, 0) is 11.0 Å². The first kappa shape index (κ1) is 22.9. The molecular formula is C26H26O6. The highest BCUT2D eigenvalue weighted by Crippen LogP contribution is 2.46. The number of benzene rings is 3. The summed E-state index contributed by atoms with van der Waals surface area (Å²) in [6.45, 7) is 13.3. The second-order valence-corrected chi connectivity index (χ2v) is 8.09. The van der Waals surface area contributed by atoms with Crippen LogP contribution >= 0.6 is 0 Å². The lowest BCUT2D eigenvalue weighted by Gasteiger charge is -2.24. The molecule has 0 bridgehead atoms. The summed E-state index contributed by atoms with van der Waals surface area (Å²) in [7, 11) is 0.